The van der Waals surface area contributed by atoms with E-state index in [4.69, 9.17) is 0 Å². The average Bonchev–Trinajstić information content (AvgIpc) is 3.03. The SMILES string of the molecule is CC(C)(C)C1CC(C(=O)O)CN(Cc2csc(-c3ccccn3)c2)C1. The van der Waals surface area contributed by atoms with Gasteiger partial charge in [0.25, 0.3) is 0 Å². The number of piperidine rings is 1. The van der Waals surface area contributed by atoms with Gasteiger partial charge in [-0.3, -0.25) is 14.7 Å². The predicted molar refractivity (Wildman–Crippen MR) is 102 cm³/mol. The van der Waals surface area contributed by atoms with Crippen molar-refractivity contribution < 1.29 is 9.90 Å². The third-order valence-electron chi connectivity index (χ3n) is 5.08. The van der Waals surface area contributed by atoms with E-state index in [1.54, 1.807) is 11.3 Å². The van der Waals surface area contributed by atoms with E-state index in [1.807, 2.05) is 24.4 Å². The summed E-state index contributed by atoms with van der Waals surface area (Å²) in [7, 11) is 0. The van der Waals surface area contributed by atoms with Crippen LogP contribution in [0.1, 0.15) is 32.8 Å². The van der Waals surface area contributed by atoms with Crippen LogP contribution in [0, 0.1) is 17.3 Å². The van der Waals surface area contributed by atoms with Gasteiger partial charge in [0.15, 0.2) is 0 Å². The van der Waals surface area contributed by atoms with E-state index >= 15 is 0 Å². The van der Waals surface area contributed by atoms with E-state index in [9.17, 15) is 9.90 Å². The number of thiophene rings is 1. The second-order valence-corrected chi connectivity index (χ2v) is 8.97. The van der Waals surface area contributed by atoms with Crippen LogP contribution in [-0.4, -0.2) is 34.0 Å². The van der Waals surface area contributed by atoms with E-state index in [0.717, 1.165) is 30.1 Å². The van der Waals surface area contributed by atoms with Crippen LogP contribution in [0.25, 0.3) is 10.6 Å². The molecule has 0 bridgehead atoms. The first-order valence-electron chi connectivity index (χ1n) is 8.77. The van der Waals surface area contributed by atoms with E-state index in [2.05, 4.69) is 42.1 Å². The van der Waals surface area contributed by atoms with Crippen LogP contribution >= 0.6 is 11.3 Å². The molecule has 1 N–H and O–H groups in total. The van der Waals surface area contributed by atoms with Gasteiger partial charge in [-0.2, -0.15) is 0 Å². The second-order valence-electron chi connectivity index (χ2n) is 8.06. The Labute approximate surface area is 153 Å². The lowest BCUT2D eigenvalue weighted by molar-refractivity contribution is -0.145. The number of likely N-dealkylation sites (tertiary alicyclic amines) is 1. The maximum absolute atomic E-state index is 11.6. The van der Waals surface area contributed by atoms with E-state index in [0.29, 0.717) is 12.5 Å². The minimum absolute atomic E-state index is 0.125. The van der Waals surface area contributed by atoms with Crippen LogP contribution in [0.15, 0.2) is 35.8 Å². The number of hydrogen-bond donors (Lipinski definition) is 1. The summed E-state index contributed by atoms with van der Waals surface area (Å²) in [6, 6.07) is 8.12. The molecule has 0 aliphatic carbocycles. The zero-order chi connectivity index (χ0) is 18.0. The van der Waals surface area contributed by atoms with Crippen LogP contribution in [0.2, 0.25) is 0 Å². The Morgan fingerprint density at radius 2 is 2.16 bits per heavy atom. The van der Waals surface area contributed by atoms with E-state index < -0.39 is 5.97 Å². The molecule has 2 unspecified atom stereocenters. The number of nitrogens with zero attached hydrogens (tertiary/aromatic N) is 2. The van der Waals surface area contributed by atoms with Crippen molar-refractivity contribution in [3.8, 4) is 10.6 Å². The Kier molecular flexibility index (Phi) is 5.25. The highest BCUT2D eigenvalue weighted by Gasteiger charge is 2.37. The van der Waals surface area contributed by atoms with Crippen molar-refractivity contribution in [3.05, 3.63) is 41.4 Å². The summed E-state index contributed by atoms with van der Waals surface area (Å²) in [5, 5.41) is 11.7. The molecule has 2 atom stereocenters. The molecule has 0 amide bonds. The quantitative estimate of drug-likeness (QED) is 0.881. The fourth-order valence-electron chi connectivity index (χ4n) is 3.49. The van der Waals surface area contributed by atoms with Gasteiger partial charge in [0, 0.05) is 25.8 Å². The van der Waals surface area contributed by atoms with Gasteiger partial charge in [-0.1, -0.05) is 26.8 Å². The summed E-state index contributed by atoms with van der Waals surface area (Å²) in [6.07, 6.45) is 2.59. The molecule has 1 aliphatic heterocycles. The van der Waals surface area contributed by atoms with E-state index in [1.165, 1.54) is 5.56 Å². The van der Waals surface area contributed by atoms with Crippen molar-refractivity contribution in [1.29, 1.82) is 0 Å². The highest BCUT2D eigenvalue weighted by atomic mass is 32.1. The number of aromatic nitrogens is 1. The summed E-state index contributed by atoms with van der Waals surface area (Å²) in [6.45, 7) is 9.04. The molecular weight excluding hydrogens is 332 g/mol. The van der Waals surface area contributed by atoms with Gasteiger partial charge < -0.3 is 5.11 Å². The topological polar surface area (TPSA) is 53.4 Å². The Morgan fingerprint density at radius 1 is 1.36 bits per heavy atom. The first kappa shape index (κ1) is 18.1. The first-order chi connectivity index (χ1) is 11.8. The molecule has 134 valence electrons. The standard InChI is InChI=1S/C20H26N2O2S/c1-20(2,3)16-9-15(19(23)24)11-22(12-16)10-14-8-18(25-13-14)17-6-4-5-7-21-17/h4-8,13,15-16H,9-12H2,1-3H3,(H,23,24). The molecule has 1 saturated heterocycles. The number of rotatable bonds is 4. The fraction of sp³-hybridized carbons (Fsp3) is 0.500. The predicted octanol–water partition coefficient (Wildman–Crippen LogP) is 4.38. The molecular formula is C20H26N2O2S. The molecule has 3 heterocycles. The van der Waals surface area contributed by atoms with Crippen LogP contribution in [0.5, 0.6) is 0 Å². The van der Waals surface area contributed by atoms with Crippen molar-refractivity contribution in [1.82, 2.24) is 9.88 Å². The molecule has 1 aliphatic rings. The summed E-state index contributed by atoms with van der Waals surface area (Å²) in [4.78, 5) is 19.5. The van der Waals surface area contributed by atoms with Crippen LogP contribution in [-0.2, 0) is 11.3 Å². The number of carbonyl (C=O) groups is 1. The van der Waals surface area contributed by atoms with Crippen LogP contribution in [0.4, 0.5) is 0 Å². The summed E-state index contributed by atoms with van der Waals surface area (Å²) in [5.41, 5.74) is 2.36. The van der Waals surface area contributed by atoms with Gasteiger partial charge in [-0.15, -0.1) is 11.3 Å². The Bertz CT molecular complexity index is 721. The van der Waals surface area contributed by atoms with Crippen molar-refractivity contribution >= 4 is 17.3 Å². The zero-order valence-electron chi connectivity index (χ0n) is 15.1. The Morgan fingerprint density at radius 3 is 2.80 bits per heavy atom. The van der Waals surface area contributed by atoms with Crippen LogP contribution < -0.4 is 0 Å². The van der Waals surface area contributed by atoms with Crippen LogP contribution in [0.3, 0.4) is 0 Å². The summed E-state index contributed by atoms with van der Waals surface area (Å²) in [5.74, 6) is -0.540. The number of hydrogen-bond acceptors (Lipinski definition) is 4. The lowest BCUT2D eigenvalue weighted by Crippen LogP contribution is -2.46. The first-order valence-corrected chi connectivity index (χ1v) is 9.65. The number of aliphatic carboxylic acids is 1. The van der Waals surface area contributed by atoms with Crippen molar-refractivity contribution in [2.75, 3.05) is 13.1 Å². The molecule has 0 aromatic carbocycles. The van der Waals surface area contributed by atoms with E-state index in [-0.39, 0.29) is 11.3 Å². The molecule has 0 radical (unpaired) electrons. The van der Waals surface area contributed by atoms with Gasteiger partial charge in [0.05, 0.1) is 16.5 Å². The zero-order valence-corrected chi connectivity index (χ0v) is 15.9. The Hall–Kier alpha value is -1.72. The Balaban J connectivity index is 1.73. The third-order valence-corrected chi connectivity index (χ3v) is 6.08. The molecule has 5 heteroatoms. The van der Waals surface area contributed by atoms with Crippen molar-refractivity contribution in [2.24, 2.45) is 17.3 Å². The minimum Gasteiger partial charge on any atom is -0.481 e. The van der Waals surface area contributed by atoms with Gasteiger partial charge in [-0.05, 0) is 46.9 Å². The molecule has 0 saturated carbocycles. The normalized spacial score (nSPS) is 22.0. The highest BCUT2D eigenvalue weighted by Crippen LogP contribution is 2.36. The minimum atomic E-state index is -0.668. The molecule has 25 heavy (non-hydrogen) atoms. The molecule has 2 aromatic heterocycles. The number of pyridine rings is 1. The maximum atomic E-state index is 11.6. The smallest absolute Gasteiger partial charge is 0.307 e. The number of carboxylic acids is 1. The summed E-state index contributed by atoms with van der Waals surface area (Å²) < 4.78 is 0. The van der Waals surface area contributed by atoms with Gasteiger partial charge in [0.1, 0.15) is 0 Å². The largest absolute Gasteiger partial charge is 0.481 e. The highest BCUT2D eigenvalue weighted by molar-refractivity contribution is 7.13. The maximum Gasteiger partial charge on any atom is 0.307 e. The third kappa shape index (κ3) is 4.47. The lowest BCUT2D eigenvalue weighted by Gasteiger charge is -2.42. The molecule has 4 nitrogen and oxygen atoms in total. The van der Waals surface area contributed by atoms with Gasteiger partial charge in [-0.25, -0.2) is 0 Å². The number of carboxylic acid groups (broad SMARTS) is 1. The monoisotopic (exact) mass is 358 g/mol. The van der Waals surface area contributed by atoms with Crippen molar-refractivity contribution in [3.63, 3.8) is 0 Å². The molecule has 3 rings (SSSR count). The summed E-state index contributed by atoms with van der Waals surface area (Å²) >= 11 is 1.70. The van der Waals surface area contributed by atoms with Gasteiger partial charge in [0.2, 0.25) is 0 Å². The molecule has 2 aromatic rings. The fourth-order valence-corrected chi connectivity index (χ4v) is 4.37. The molecule has 1 fully saturated rings. The second kappa shape index (κ2) is 7.26. The average molecular weight is 359 g/mol. The van der Waals surface area contributed by atoms with Gasteiger partial charge >= 0.3 is 5.97 Å². The molecule has 0 spiro atoms. The lowest BCUT2D eigenvalue weighted by atomic mass is 9.73. The van der Waals surface area contributed by atoms with Crippen molar-refractivity contribution in [2.45, 2.75) is 33.7 Å².